The van der Waals surface area contributed by atoms with E-state index < -0.39 is 126 Å². The molecule has 0 radical (unpaired) electrons. The number of hydrogen-bond donors (Lipinski definition) is 13. The number of nitrogens with zero attached hydrogens (tertiary/aromatic N) is 1. The summed E-state index contributed by atoms with van der Waals surface area (Å²) in [6, 6.07) is 7.16. The standard InChI is InChI=1S/C47H70N12O12/c1-25(2)37(44(68)52-24-35(60)55-34(46(70)71)23-30-16-11-8-12-17-30)59-43(67)33(22-29-14-9-7-10-15-29)57-42(66)32(18-13-21-51-47(49)50)56-45(69)38(26(3)4)58-40(64)28(6)53-39(63)27(5)54-41(65)31(48)19-20-36(61)62/h7-12,14-17,25-28,31-34,37-38H,13,18-24,48H2,1-6H3,(H,52,68)(H,53,63)(H,54,65)(H,55,60)(H,56,69)(H,57,66)(H,58,64)(H,59,67)(H,61,62)(H,70,71)(H4,49,50,51)/t27-,28-,31-,32-,33-,34-,37-,38-/m0/s1. The molecule has 24 heteroatoms. The average molecular weight is 995 g/mol. The zero-order valence-electron chi connectivity index (χ0n) is 40.9. The molecule has 0 spiro atoms. The van der Waals surface area contributed by atoms with Crippen LogP contribution >= 0.6 is 0 Å². The fraction of sp³-hybridized carbons (Fsp3) is 0.511. The minimum Gasteiger partial charge on any atom is -0.481 e. The number of guanidine groups is 1. The van der Waals surface area contributed by atoms with E-state index in [0.29, 0.717) is 11.1 Å². The van der Waals surface area contributed by atoms with Gasteiger partial charge in [-0.3, -0.25) is 48.1 Å². The van der Waals surface area contributed by atoms with Gasteiger partial charge in [0, 0.05) is 25.8 Å². The smallest absolute Gasteiger partial charge is 0.326 e. The third-order valence-electron chi connectivity index (χ3n) is 10.8. The van der Waals surface area contributed by atoms with Crippen LogP contribution in [0, 0.1) is 11.8 Å². The molecule has 0 aliphatic rings. The Bertz CT molecular complexity index is 2170. The molecular formula is C47H70N12O12. The first-order valence-corrected chi connectivity index (χ1v) is 23.1. The van der Waals surface area contributed by atoms with Crippen LogP contribution in [0.3, 0.4) is 0 Å². The van der Waals surface area contributed by atoms with Crippen molar-refractivity contribution in [2.24, 2.45) is 34.0 Å². The summed E-state index contributed by atoms with van der Waals surface area (Å²) in [6.07, 6.45) is -0.516. The SMILES string of the molecule is CC(C)[C@H](NC(=O)[C@H](C)NC(=O)[C@H](C)NC(=O)[C@@H](N)CCC(=O)O)C(=O)N[C@@H](CCCN=C(N)N)C(=O)N[C@@H](Cc1ccccc1)C(=O)N[C@H](C(=O)NCC(=O)N[C@@H](Cc1ccccc1)C(=O)O)C(C)C. The maximum atomic E-state index is 14.2. The number of benzene rings is 2. The van der Waals surface area contributed by atoms with E-state index >= 15 is 0 Å². The molecule has 71 heavy (non-hydrogen) atoms. The summed E-state index contributed by atoms with van der Waals surface area (Å²) in [4.78, 5) is 134. The number of hydrogen-bond acceptors (Lipinski definition) is 12. The number of carbonyl (C=O) groups excluding carboxylic acids is 8. The fourth-order valence-corrected chi connectivity index (χ4v) is 6.74. The van der Waals surface area contributed by atoms with Crippen molar-refractivity contribution >= 4 is 65.2 Å². The zero-order valence-corrected chi connectivity index (χ0v) is 40.9. The van der Waals surface area contributed by atoms with Gasteiger partial charge in [-0.05, 0) is 56.1 Å². The first kappa shape index (κ1) is 59.5. The van der Waals surface area contributed by atoms with E-state index in [1.165, 1.54) is 13.8 Å². The molecule has 24 nitrogen and oxygen atoms in total. The van der Waals surface area contributed by atoms with Crippen LogP contribution in [0.1, 0.15) is 78.4 Å². The van der Waals surface area contributed by atoms with Crippen LogP contribution in [-0.4, -0.2) is 137 Å². The van der Waals surface area contributed by atoms with Crippen molar-refractivity contribution in [3.05, 3.63) is 71.8 Å². The molecule has 0 heterocycles. The van der Waals surface area contributed by atoms with Gasteiger partial charge < -0.3 is 69.9 Å². The molecule has 390 valence electrons. The van der Waals surface area contributed by atoms with Crippen molar-refractivity contribution in [3.63, 3.8) is 0 Å². The molecule has 8 atom stereocenters. The van der Waals surface area contributed by atoms with Gasteiger partial charge in [-0.2, -0.15) is 0 Å². The summed E-state index contributed by atoms with van der Waals surface area (Å²) in [7, 11) is 0. The predicted molar refractivity (Wildman–Crippen MR) is 260 cm³/mol. The molecule has 2 aromatic carbocycles. The second kappa shape index (κ2) is 30.1. The molecule has 0 aromatic heterocycles. The molecular weight excluding hydrogens is 925 g/mol. The predicted octanol–water partition coefficient (Wildman–Crippen LogP) is -2.34. The molecule has 0 aliphatic heterocycles. The minimum atomic E-state index is -1.34. The van der Waals surface area contributed by atoms with E-state index in [1.54, 1.807) is 88.4 Å². The van der Waals surface area contributed by atoms with Crippen LogP contribution in [0.5, 0.6) is 0 Å². The van der Waals surface area contributed by atoms with Gasteiger partial charge in [-0.15, -0.1) is 0 Å². The molecule has 0 fully saturated rings. The lowest BCUT2D eigenvalue weighted by molar-refractivity contribution is -0.141. The number of aliphatic carboxylic acids is 2. The van der Waals surface area contributed by atoms with Crippen LogP contribution in [-0.2, 0) is 60.8 Å². The maximum absolute atomic E-state index is 14.2. The van der Waals surface area contributed by atoms with Crippen molar-refractivity contribution in [1.29, 1.82) is 0 Å². The molecule has 0 bridgehead atoms. The average Bonchev–Trinajstić information content (AvgIpc) is 3.31. The van der Waals surface area contributed by atoms with E-state index in [9.17, 15) is 53.1 Å². The lowest BCUT2D eigenvalue weighted by Crippen LogP contribution is -2.61. The molecule has 0 saturated heterocycles. The monoisotopic (exact) mass is 995 g/mol. The third kappa shape index (κ3) is 22.1. The van der Waals surface area contributed by atoms with Crippen molar-refractivity contribution in [1.82, 2.24) is 42.5 Å². The van der Waals surface area contributed by atoms with E-state index in [1.807, 2.05) is 0 Å². The minimum absolute atomic E-state index is 0.00643. The summed E-state index contributed by atoms with van der Waals surface area (Å²) in [5.41, 5.74) is 18.0. The van der Waals surface area contributed by atoms with Gasteiger partial charge in [0.2, 0.25) is 47.3 Å². The first-order chi connectivity index (χ1) is 33.4. The van der Waals surface area contributed by atoms with Crippen LogP contribution in [0.25, 0.3) is 0 Å². The lowest BCUT2D eigenvalue weighted by atomic mass is 10.00. The Morgan fingerprint density at radius 2 is 1.00 bits per heavy atom. The van der Waals surface area contributed by atoms with Gasteiger partial charge in [0.05, 0.1) is 12.6 Å². The topological polar surface area (TPSA) is 398 Å². The van der Waals surface area contributed by atoms with E-state index in [2.05, 4.69) is 47.5 Å². The zero-order chi connectivity index (χ0) is 53.4. The first-order valence-electron chi connectivity index (χ1n) is 23.1. The Hall–Kier alpha value is -7.63. The highest BCUT2D eigenvalue weighted by atomic mass is 16.4. The molecule has 2 rings (SSSR count). The highest BCUT2D eigenvalue weighted by molar-refractivity contribution is 5.98. The van der Waals surface area contributed by atoms with Crippen molar-refractivity contribution in [3.8, 4) is 0 Å². The van der Waals surface area contributed by atoms with Crippen LogP contribution < -0.4 is 59.7 Å². The maximum Gasteiger partial charge on any atom is 0.326 e. The summed E-state index contributed by atoms with van der Waals surface area (Å²) in [5.74, 6) is -10.1. The number of rotatable bonds is 30. The van der Waals surface area contributed by atoms with Gasteiger partial charge in [0.1, 0.15) is 42.3 Å². The Kier molecular flexibility index (Phi) is 25.2. The normalized spacial score (nSPS) is 14.3. The van der Waals surface area contributed by atoms with E-state index in [0.717, 1.165) is 0 Å². The van der Waals surface area contributed by atoms with Crippen LogP contribution in [0.2, 0.25) is 0 Å². The van der Waals surface area contributed by atoms with Gasteiger partial charge >= 0.3 is 11.9 Å². The van der Waals surface area contributed by atoms with Crippen molar-refractivity contribution < 1.29 is 58.2 Å². The number of aliphatic imine (C=N–C) groups is 1. The van der Waals surface area contributed by atoms with Crippen LogP contribution in [0.15, 0.2) is 65.7 Å². The molecule has 0 unspecified atom stereocenters. The van der Waals surface area contributed by atoms with Crippen LogP contribution in [0.4, 0.5) is 0 Å². The lowest BCUT2D eigenvalue weighted by Gasteiger charge is -2.29. The molecule has 8 amide bonds. The third-order valence-corrected chi connectivity index (χ3v) is 10.8. The summed E-state index contributed by atoms with van der Waals surface area (Å²) in [6.45, 7) is 8.64. The largest absolute Gasteiger partial charge is 0.481 e. The van der Waals surface area contributed by atoms with Gasteiger partial charge in [-0.1, -0.05) is 88.4 Å². The highest BCUT2D eigenvalue weighted by Gasteiger charge is 2.34. The summed E-state index contributed by atoms with van der Waals surface area (Å²) in [5, 5.41) is 38.8. The fourth-order valence-electron chi connectivity index (χ4n) is 6.74. The molecule has 0 saturated carbocycles. The van der Waals surface area contributed by atoms with Crippen molar-refractivity contribution in [2.45, 2.75) is 128 Å². The number of carboxylic acids is 2. The summed E-state index contributed by atoms with van der Waals surface area (Å²) >= 11 is 0. The number of nitrogens with two attached hydrogens (primary N) is 3. The van der Waals surface area contributed by atoms with Gasteiger partial charge in [0.25, 0.3) is 0 Å². The number of nitrogens with one attached hydrogen (secondary N) is 8. The number of carboxylic acid groups (broad SMARTS) is 2. The van der Waals surface area contributed by atoms with Gasteiger partial charge in [0.15, 0.2) is 5.96 Å². The Morgan fingerprint density at radius 3 is 1.51 bits per heavy atom. The van der Waals surface area contributed by atoms with Crippen molar-refractivity contribution in [2.75, 3.05) is 13.1 Å². The second-order valence-corrected chi connectivity index (χ2v) is 17.6. The Labute approximate surface area is 412 Å². The second-order valence-electron chi connectivity index (χ2n) is 17.6. The Morgan fingerprint density at radius 1 is 0.535 bits per heavy atom. The molecule has 16 N–H and O–H groups in total. The quantitative estimate of drug-likeness (QED) is 0.0222. The number of carbonyl (C=O) groups is 10. The number of amides is 8. The van der Waals surface area contributed by atoms with E-state index in [-0.39, 0.29) is 51.0 Å². The summed E-state index contributed by atoms with van der Waals surface area (Å²) < 4.78 is 0. The molecule has 2 aromatic rings. The molecule has 0 aliphatic carbocycles. The Balaban J connectivity index is 2.27. The van der Waals surface area contributed by atoms with Gasteiger partial charge in [-0.25, -0.2) is 4.79 Å². The highest BCUT2D eigenvalue weighted by Crippen LogP contribution is 2.11. The van der Waals surface area contributed by atoms with E-state index in [4.69, 9.17) is 22.3 Å².